The summed E-state index contributed by atoms with van der Waals surface area (Å²) in [6.07, 6.45) is -0.601. The fourth-order valence-electron chi connectivity index (χ4n) is 1.04. The number of esters is 1. The fraction of sp³-hybridized carbons (Fsp3) is 0.909. The molecule has 0 aromatic heterocycles. The predicted molar refractivity (Wildman–Crippen MR) is 59.6 cm³/mol. The maximum Gasteiger partial charge on any atom is 0.308 e. The summed E-state index contributed by atoms with van der Waals surface area (Å²) < 4.78 is 4.74. The van der Waals surface area contributed by atoms with Crippen molar-refractivity contribution in [3.63, 3.8) is 0 Å². The van der Waals surface area contributed by atoms with Crippen LogP contribution in [0.4, 0.5) is 0 Å². The molecule has 0 radical (unpaired) electrons. The summed E-state index contributed by atoms with van der Waals surface area (Å²) in [4.78, 5) is 11.0. The molecule has 2 N–H and O–H groups in total. The van der Waals surface area contributed by atoms with Gasteiger partial charge in [0.15, 0.2) is 0 Å². The van der Waals surface area contributed by atoms with Crippen LogP contribution in [0.1, 0.15) is 34.1 Å². The first-order valence-electron chi connectivity index (χ1n) is 5.54. The van der Waals surface area contributed by atoms with E-state index in [0.29, 0.717) is 25.1 Å². The van der Waals surface area contributed by atoms with Crippen molar-refractivity contribution in [1.29, 1.82) is 0 Å². The van der Waals surface area contributed by atoms with Crippen LogP contribution in [0, 0.1) is 5.92 Å². The molecule has 0 aliphatic carbocycles. The highest BCUT2D eigenvalue weighted by Gasteiger charge is 2.13. The van der Waals surface area contributed by atoms with Crippen LogP contribution < -0.4 is 5.32 Å². The lowest BCUT2D eigenvalue weighted by Crippen LogP contribution is -2.37. The monoisotopic (exact) mass is 217 g/mol. The zero-order chi connectivity index (χ0) is 11.8. The number of aliphatic hydroxyl groups excluding tert-OH is 1. The van der Waals surface area contributed by atoms with Crippen LogP contribution in [-0.2, 0) is 9.53 Å². The van der Waals surface area contributed by atoms with Crippen LogP contribution in [0.25, 0.3) is 0 Å². The molecule has 15 heavy (non-hydrogen) atoms. The van der Waals surface area contributed by atoms with E-state index < -0.39 is 6.10 Å². The van der Waals surface area contributed by atoms with Gasteiger partial charge in [0.1, 0.15) is 0 Å². The SMILES string of the molecule is CCOC(=O)CC(O)CNC(C)C(C)C. The number of nitrogens with one attached hydrogen (secondary N) is 1. The quantitative estimate of drug-likeness (QED) is 0.623. The zero-order valence-corrected chi connectivity index (χ0v) is 10.1. The van der Waals surface area contributed by atoms with Crippen LogP contribution in [0.15, 0.2) is 0 Å². The number of rotatable bonds is 7. The molecule has 4 heteroatoms. The highest BCUT2D eigenvalue weighted by atomic mass is 16.5. The van der Waals surface area contributed by atoms with Crippen LogP contribution in [0.2, 0.25) is 0 Å². The Morgan fingerprint density at radius 2 is 2.00 bits per heavy atom. The van der Waals surface area contributed by atoms with E-state index in [9.17, 15) is 9.90 Å². The molecular weight excluding hydrogens is 194 g/mol. The third-order valence-electron chi connectivity index (χ3n) is 2.38. The van der Waals surface area contributed by atoms with Crippen molar-refractivity contribution in [2.24, 2.45) is 5.92 Å². The van der Waals surface area contributed by atoms with Gasteiger partial charge in [0.25, 0.3) is 0 Å². The van der Waals surface area contributed by atoms with Crippen molar-refractivity contribution >= 4 is 5.97 Å². The Kier molecular flexibility index (Phi) is 7.34. The summed E-state index contributed by atoms with van der Waals surface area (Å²) in [5.41, 5.74) is 0. The molecule has 90 valence electrons. The highest BCUT2D eigenvalue weighted by molar-refractivity contribution is 5.69. The number of aliphatic hydroxyl groups is 1. The molecule has 0 bridgehead atoms. The number of carbonyl (C=O) groups excluding carboxylic acids is 1. The Morgan fingerprint density at radius 3 is 2.47 bits per heavy atom. The normalized spacial score (nSPS) is 15.1. The van der Waals surface area contributed by atoms with Crippen LogP contribution in [-0.4, -0.2) is 36.4 Å². The molecule has 2 atom stereocenters. The van der Waals surface area contributed by atoms with Gasteiger partial charge < -0.3 is 15.2 Å². The van der Waals surface area contributed by atoms with E-state index in [0.717, 1.165) is 0 Å². The van der Waals surface area contributed by atoms with Gasteiger partial charge >= 0.3 is 5.97 Å². The molecule has 0 spiro atoms. The summed E-state index contributed by atoms with van der Waals surface area (Å²) in [5.74, 6) is 0.170. The van der Waals surface area contributed by atoms with Crippen LogP contribution in [0.5, 0.6) is 0 Å². The lowest BCUT2D eigenvalue weighted by Gasteiger charge is -2.19. The van der Waals surface area contributed by atoms with Gasteiger partial charge in [0.2, 0.25) is 0 Å². The standard InChI is InChI=1S/C11H23NO3/c1-5-15-11(14)6-10(13)7-12-9(4)8(2)3/h8-10,12-13H,5-7H2,1-4H3. The number of carbonyl (C=O) groups is 1. The zero-order valence-electron chi connectivity index (χ0n) is 10.1. The van der Waals surface area contributed by atoms with Crippen molar-refractivity contribution in [2.45, 2.75) is 46.3 Å². The minimum absolute atomic E-state index is 0.0612. The van der Waals surface area contributed by atoms with Gasteiger partial charge in [-0.1, -0.05) is 13.8 Å². The largest absolute Gasteiger partial charge is 0.466 e. The topological polar surface area (TPSA) is 58.6 Å². The predicted octanol–water partition coefficient (Wildman–Crippen LogP) is 0.935. The second-order valence-electron chi connectivity index (χ2n) is 4.10. The van der Waals surface area contributed by atoms with Gasteiger partial charge in [0, 0.05) is 12.6 Å². The van der Waals surface area contributed by atoms with Crippen LogP contribution in [0.3, 0.4) is 0 Å². The molecule has 4 nitrogen and oxygen atoms in total. The first-order valence-corrected chi connectivity index (χ1v) is 5.54. The molecule has 0 saturated carbocycles. The second kappa shape index (κ2) is 7.65. The molecule has 0 aliphatic rings. The van der Waals surface area contributed by atoms with E-state index in [1.165, 1.54) is 0 Å². The second-order valence-corrected chi connectivity index (χ2v) is 4.10. The van der Waals surface area contributed by atoms with E-state index in [2.05, 4.69) is 26.1 Å². The van der Waals surface area contributed by atoms with E-state index in [4.69, 9.17) is 4.74 Å². The van der Waals surface area contributed by atoms with Gasteiger partial charge in [-0.05, 0) is 19.8 Å². The maximum absolute atomic E-state index is 11.0. The van der Waals surface area contributed by atoms with E-state index in [-0.39, 0.29) is 12.4 Å². The minimum atomic E-state index is -0.662. The van der Waals surface area contributed by atoms with Crippen molar-refractivity contribution in [2.75, 3.05) is 13.2 Å². The molecule has 0 aliphatic heterocycles. The van der Waals surface area contributed by atoms with Gasteiger partial charge in [0.05, 0.1) is 19.1 Å². The molecule has 0 heterocycles. The Morgan fingerprint density at radius 1 is 1.40 bits per heavy atom. The summed E-state index contributed by atoms with van der Waals surface area (Å²) in [7, 11) is 0. The van der Waals surface area contributed by atoms with E-state index in [1.54, 1.807) is 6.92 Å². The maximum atomic E-state index is 11.0. The molecule has 0 rings (SSSR count). The fourth-order valence-corrected chi connectivity index (χ4v) is 1.04. The Balaban J connectivity index is 3.65. The highest BCUT2D eigenvalue weighted by Crippen LogP contribution is 2.00. The Labute approximate surface area is 92.0 Å². The van der Waals surface area contributed by atoms with Crippen molar-refractivity contribution < 1.29 is 14.6 Å². The van der Waals surface area contributed by atoms with Gasteiger partial charge in [-0.25, -0.2) is 0 Å². The number of hydrogen-bond donors (Lipinski definition) is 2. The Hall–Kier alpha value is -0.610. The third-order valence-corrected chi connectivity index (χ3v) is 2.38. The van der Waals surface area contributed by atoms with Gasteiger partial charge in [-0.15, -0.1) is 0 Å². The van der Waals surface area contributed by atoms with E-state index in [1.807, 2.05) is 0 Å². The lowest BCUT2D eigenvalue weighted by molar-refractivity contribution is -0.145. The van der Waals surface area contributed by atoms with Crippen molar-refractivity contribution in [1.82, 2.24) is 5.32 Å². The summed E-state index contributed by atoms with van der Waals surface area (Å²) in [6, 6.07) is 0.335. The molecular formula is C11H23NO3. The molecule has 0 amide bonds. The molecule has 0 aromatic rings. The summed E-state index contributed by atoms with van der Waals surface area (Å²) >= 11 is 0. The van der Waals surface area contributed by atoms with Gasteiger partial charge in [-0.3, -0.25) is 4.79 Å². The third kappa shape index (κ3) is 7.33. The summed E-state index contributed by atoms with van der Waals surface area (Å²) in [5, 5.41) is 12.7. The average molecular weight is 217 g/mol. The van der Waals surface area contributed by atoms with Crippen LogP contribution >= 0.6 is 0 Å². The first kappa shape index (κ1) is 14.4. The Bertz CT molecular complexity index is 183. The smallest absolute Gasteiger partial charge is 0.308 e. The number of hydrogen-bond acceptors (Lipinski definition) is 4. The molecule has 0 saturated heterocycles. The molecule has 2 unspecified atom stereocenters. The van der Waals surface area contributed by atoms with Crippen molar-refractivity contribution in [3.8, 4) is 0 Å². The summed E-state index contributed by atoms with van der Waals surface area (Å²) in [6.45, 7) is 8.81. The van der Waals surface area contributed by atoms with E-state index >= 15 is 0 Å². The van der Waals surface area contributed by atoms with Gasteiger partial charge in [-0.2, -0.15) is 0 Å². The van der Waals surface area contributed by atoms with Crippen molar-refractivity contribution in [3.05, 3.63) is 0 Å². The molecule has 0 fully saturated rings. The first-order chi connectivity index (χ1) is 6.97. The minimum Gasteiger partial charge on any atom is -0.466 e. The number of ether oxygens (including phenoxy) is 1. The lowest BCUT2D eigenvalue weighted by atomic mass is 10.1. The molecule has 0 aromatic carbocycles. The average Bonchev–Trinajstić information content (AvgIpc) is 2.14.